The maximum Gasteiger partial charge on any atom is 0.339 e. The normalized spacial score (nSPS) is 15.3. The van der Waals surface area contributed by atoms with Crippen molar-refractivity contribution in [1.29, 1.82) is 0 Å². The number of hydrogen-bond donors (Lipinski definition) is 4. The first-order valence-corrected chi connectivity index (χ1v) is 7.13. The number of carbonyl (C=O) groups excluding carboxylic acids is 1. The molecule has 6 nitrogen and oxygen atoms in total. The SMILES string of the molecule is CCC(CC1CC1)NC(=O)Nc1ccc(O)c(C(=O)O)c1. The largest absolute Gasteiger partial charge is 0.507 e. The Morgan fingerprint density at radius 2 is 2.10 bits per heavy atom. The highest BCUT2D eigenvalue weighted by Crippen LogP contribution is 2.34. The van der Waals surface area contributed by atoms with Gasteiger partial charge in [-0.1, -0.05) is 19.8 Å². The second kappa shape index (κ2) is 6.47. The third-order valence-corrected chi connectivity index (χ3v) is 3.63. The number of phenols is 1. The summed E-state index contributed by atoms with van der Waals surface area (Å²) in [6, 6.07) is 3.72. The molecule has 0 radical (unpaired) electrons. The van der Waals surface area contributed by atoms with E-state index in [1.54, 1.807) is 0 Å². The van der Waals surface area contributed by atoms with Crippen LogP contribution in [0, 0.1) is 5.92 Å². The van der Waals surface area contributed by atoms with Gasteiger partial charge < -0.3 is 20.8 Å². The molecule has 2 amide bonds. The van der Waals surface area contributed by atoms with Crippen LogP contribution in [0.1, 0.15) is 43.0 Å². The van der Waals surface area contributed by atoms with E-state index in [0.29, 0.717) is 5.69 Å². The molecule has 0 saturated heterocycles. The number of urea groups is 1. The highest BCUT2D eigenvalue weighted by Gasteiger charge is 2.25. The van der Waals surface area contributed by atoms with Crippen molar-refractivity contribution in [2.75, 3.05) is 5.32 Å². The van der Waals surface area contributed by atoms with Gasteiger partial charge in [-0.3, -0.25) is 0 Å². The maximum atomic E-state index is 11.9. The molecule has 4 N–H and O–H groups in total. The fourth-order valence-electron chi connectivity index (χ4n) is 2.22. The van der Waals surface area contributed by atoms with E-state index < -0.39 is 5.97 Å². The first-order valence-electron chi connectivity index (χ1n) is 7.13. The highest BCUT2D eigenvalue weighted by atomic mass is 16.4. The Bertz CT molecular complexity index is 540. The number of rotatable bonds is 6. The molecule has 0 aliphatic heterocycles. The van der Waals surface area contributed by atoms with Gasteiger partial charge in [-0.05, 0) is 37.0 Å². The molecule has 0 spiro atoms. The Hall–Kier alpha value is -2.24. The van der Waals surface area contributed by atoms with Crippen molar-refractivity contribution in [2.45, 2.75) is 38.6 Å². The van der Waals surface area contributed by atoms with Crippen LogP contribution in [0.3, 0.4) is 0 Å². The van der Waals surface area contributed by atoms with E-state index >= 15 is 0 Å². The number of carboxylic acids is 1. The Morgan fingerprint density at radius 1 is 1.38 bits per heavy atom. The summed E-state index contributed by atoms with van der Waals surface area (Å²) in [5.41, 5.74) is 0.0989. The van der Waals surface area contributed by atoms with E-state index in [2.05, 4.69) is 10.6 Å². The van der Waals surface area contributed by atoms with Crippen molar-refractivity contribution in [3.63, 3.8) is 0 Å². The minimum atomic E-state index is -1.24. The predicted molar refractivity (Wildman–Crippen MR) is 78.6 cm³/mol. The van der Waals surface area contributed by atoms with Crippen LogP contribution in [-0.4, -0.2) is 28.3 Å². The molecule has 0 bridgehead atoms. The maximum absolute atomic E-state index is 11.9. The van der Waals surface area contributed by atoms with Crippen molar-refractivity contribution in [2.24, 2.45) is 5.92 Å². The average molecular weight is 292 g/mol. The minimum absolute atomic E-state index is 0.133. The number of nitrogens with one attached hydrogen (secondary N) is 2. The average Bonchev–Trinajstić information content (AvgIpc) is 3.23. The summed E-state index contributed by atoms with van der Waals surface area (Å²) in [5, 5.41) is 23.8. The molecule has 1 saturated carbocycles. The fraction of sp³-hybridized carbons (Fsp3) is 0.467. The van der Waals surface area contributed by atoms with Gasteiger partial charge >= 0.3 is 12.0 Å². The van der Waals surface area contributed by atoms with E-state index in [4.69, 9.17) is 5.11 Å². The monoisotopic (exact) mass is 292 g/mol. The molecule has 21 heavy (non-hydrogen) atoms. The molecule has 0 aromatic heterocycles. The van der Waals surface area contributed by atoms with E-state index in [0.717, 1.165) is 18.8 Å². The van der Waals surface area contributed by atoms with Crippen LogP contribution in [0.2, 0.25) is 0 Å². The zero-order chi connectivity index (χ0) is 15.4. The predicted octanol–water partition coefficient (Wildman–Crippen LogP) is 2.79. The number of carbonyl (C=O) groups is 2. The van der Waals surface area contributed by atoms with Crippen LogP contribution in [-0.2, 0) is 0 Å². The first kappa shape index (κ1) is 15.2. The van der Waals surface area contributed by atoms with E-state index in [9.17, 15) is 14.7 Å². The molecule has 1 unspecified atom stereocenters. The van der Waals surface area contributed by atoms with Gasteiger partial charge in [0.15, 0.2) is 0 Å². The molecule has 114 valence electrons. The van der Waals surface area contributed by atoms with Gasteiger partial charge in [0, 0.05) is 11.7 Å². The Balaban J connectivity index is 1.95. The van der Waals surface area contributed by atoms with E-state index in [1.807, 2.05) is 6.92 Å². The summed E-state index contributed by atoms with van der Waals surface area (Å²) >= 11 is 0. The highest BCUT2D eigenvalue weighted by molar-refractivity contribution is 5.95. The molecular formula is C15H20N2O4. The summed E-state index contributed by atoms with van der Waals surface area (Å²) in [5.74, 6) is -0.840. The lowest BCUT2D eigenvalue weighted by atomic mass is 10.1. The van der Waals surface area contributed by atoms with Crippen LogP contribution in [0.25, 0.3) is 0 Å². The summed E-state index contributed by atoms with van der Waals surface area (Å²) in [6.45, 7) is 2.02. The number of anilines is 1. The molecule has 1 aliphatic carbocycles. The third kappa shape index (κ3) is 4.37. The van der Waals surface area contributed by atoms with Gasteiger partial charge in [0.05, 0.1) is 0 Å². The standard InChI is InChI=1S/C15H20N2O4/c1-2-10(7-9-3-4-9)16-15(21)17-11-5-6-13(18)12(8-11)14(19)20/h5-6,8-10,18H,2-4,7H2,1H3,(H,19,20)(H2,16,17,21). The Kier molecular flexibility index (Phi) is 4.67. The van der Waals surface area contributed by atoms with Gasteiger partial charge in [0.1, 0.15) is 11.3 Å². The number of aromatic carboxylic acids is 1. The quantitative estimate of drug-likeness (QED) is 0.606. The summed E-state index contributed by atoms with van der Waals surface area (Å²) in [7, 11) is 0. The first-order chi connectivity index (χ1) is 9.99. The van der Waals surface area contributed by atoms with Crippen LogP contribution in [0.15, 0.2) is 18.2 Å². The third-order valence-electron chi connectivity index (χ3n) is 3.63. The second-order valence-corrected chi connectivity index (χ2v) is 5.42. The van der Waals surface area contributed by atoms with Crippen molar-refractivity contribution in [1.82, 2.24) is 5.32 Å². The topological polar surface area (TPSA) is 98.7 Å². The number of hydrogen-bond acceptors (Lipinski definition) is 3. The Morgan fingerprint density at radius 3 is 2.67 bits per heavy atom. The molecule has 1 aromatic rings. The van der Waals surface area contributed by atoms with Gasteiger partial charge in [-0.2, -0.15) is 0 Å². The number of carboxylic acid groups (broad SMARTS) is 1. The molecular weight excluding hydrogens is 272 g/mol. The fourth-order valence-corrected chi connectivity index (χ4v) is 2.22. The van der Waals surface area contributed by atoms with E-state index in [-0.39, 0.29) is 23.4 Å². The van der Waals surface area contributed by atoms with Crippen molar-refractivity contribution in [3.05, 3.63) is 23.8 Å². The molecule has 1 aromatic carbocycles. The van der Waals surface area contributed by atoms with E-state index in [1.165, 1.54) is 31.0 Å². The molecule has 0 heterocycles. The Labute approximate surface area is 123 Å². The molecule has 1 fully saturated rings. The molecule has 6 heteroatoms. The summed E-state index contributed by atoms with van der Waals surface area (Å²) < 4.78 is 0. The summed E-state index contributed by atoms with van der Waals surface area (Å²) in [4.78, 5) is 22.8. The minimum Gasteiger partial charge on any atom is -0.507 e. The van der Waals surface area contributed by atoms with Crippen LogP contribution in [0.4, 0.5) is 10.5 Å². The lowest BCUT2D eigenvalue weighted by Gasteiger charge is -2.17. The molecule has 2 rings (SSSR count). The zero-order valence-electron chi connectivity index (χ0n) is 11.9. The van der Waals surface area contributed by atoms with Gasteiger partial charge in [-0.25, -0.2) is 9.59 Å². The zero-order valence-corrected chi connectivity index (χ0v) is 11.9. The molecule has 1 atom stereocenters. The summed E-state index contributed by atoms with van der Waals surface area (Å²) in [6.07, 6.45) is 4.32. The van der Waals surface area contributed by atoms with Crippen molar-refractivity contribution in [3.8, 4) is 5.75 Å². The van der Waals surface area contributed by atoms with Crippen LogP contribution < -0.4 is 10.6 Å². The lowest BCUT2D eigenvalue weighted by molar-refractivity contribution is 0.0693. The van der Waals surface area contributed by atoms with Crippen molar-refractivity contribution < 1.29 is 19.8 Å². The van der Waals surface area contributed by atoms with Gasteiger partial charge in [-0.15, -0.1) is 0 Å². The second-order valence-electron chi connectivity index (χ2n) is 5.42. The lowest BCUT2D eigenvalue weighted by Crippen LogP contribution is -2.37. The smallest absolute Gasteiger partial charge is 0.339 e. The number of aromatic hydroxyl groups is 1. The van der Waals surface area contributed by atoms with Gasteiger partial charge in [0.25, 0.3) is 0 Å². The van der Waals surface area contributed by atoms with Crippen LogP contribution >= 0.6 is 0 Å². The van der Waals surface area contributed by atoms with Crippen molar-refractivity contribution >= 4 is 17.7 Å². The van der Waals surface area contributed by atoms with Gasteiger partial charge in [0.2, 0.25) is 0 Å². The van der Waals surface area contributed by atoms with Crippen LogP contribution in [0.5, 0.6) is 5.75 Å². The number of amides is 2. The molecule has 1 aliphatic rings. The number of benzene rings is 1.